The van der Waals surface area contributed by atoms with E-state index in [0.717, 1.165) is 20.5 Å². The number of nitrogens with two attached hydrogens (primary N) is 1. The molecule has 1 unspecified atom stereocenters. The zero-order chi connectivity index (χ0) is 11.5. The van der Waals surface area contributed by atoms with Gasteiger partial charge in [0.05, 0.1) is 6.04 Å². The van der Waals surface area contributed by atoms with Crippen LogP contribution in [0.1, 0.15) is 22.9 Å². The van der Waals surface area contributed by atoms with Gasteiger partial charge in [0.1, 0.15) is 3.70 Å². The number of nitrogens with zero attached hydrogens (tertiary/aromatic N) is 1. The molecule has 0 fully saturated rings. The lowest BCUT2D eigenvalue weighted by atomic mass is 9.99. The summed E-state index contributed by atoms with van der Waals surface area (Å²) in [6.45, 7) is 2.00. The molecule has 0 aliphatic heterocycles. The van der Waals surface area contributed by atoms with Crippen LogP contribution < -0.4 is 5.73 Å². The van der Waals surface area contributed by atoms with E-state index in [9.17, 15) is 0 Å². The minimum Gasteiger partial charge on any atom is -0.320 e. The van der Waals surface area contributed by atoms with Crippen LogP contribution in [-0.4, -0.2) is 4.98 Å². The zero-order valence-corrected chi connectivity index (χ0v) is 11.2. The van der Waals surface area contributed by atoms with Gasteiger partial charge in [0.2, 0.25) is 0 Å². The fourth-order valence-corrected chi connectivity index (χ4v) is 2.25. The van der Waals surface area contributed by atoms with Gasteiger partial charge in [-0.25, -0.2) is 4.98 Å². The standard InChI is InChI=1S/C13H13IN2/c1-9-11(7-8-12(14)16-9)13(15)10-5-3-2-4-6-10/h2-8,13H,15H2,1H3. The van der Waals surface area contributed by atoms with Crippen LogP contribution in [0.2, 0.25) is 0 Å². The molecular weight excluding hydrogens is 311 g/mol. The molecule has 1 aromatic heterocycles. The van der Waals surface area contributed by atoms with Crippen molar-refractivity contribution in [1.82, 2.24) is 4.98 Å². The lowest BCUT2D eigenvalue weighted by Gasteiger charge is -2.14. The predicted octanol–water partition coefficient (Wildman–Crippen LogP) is 3.04. The molecule has 2 N–H and O–H groups in total. The van der Waals surface area contributed by atoms with Crippen molar-refractivity contribution in [1.29, 1.82) is 0 Å². The van der Waals surface area contributed by atoms with Crippen LogP contribution in [0, 0.1) is 10.6 Å². The second-order valence-corrected chi connectivity index (χ2v) is 4.80. The van der Waals surface area contributed by atoms with Crippen molar-refractivity contribution >= 4 is 22.6 Å². The van der Waals surface area contributed by atoms with Crippen LogP contribution in [0.15, 0.2) is 42.5 Å². The summed E-state index contributed by atoms with van der Waals surface area (Å²) in [7, 11) is 0. The Kier molecular flexibility index (Phi) is 3.56. The summed E-state index contributed by atoms with van der Waals surface area (Å²) in [5.74, 6) is 0. The van der Waals surface area contributed by atoms with E-state index in [0.29, 0.717) is 0 Å². The van der Waals surface area contributed by atoms with Crippen LogP contribution in [0.3, 0.4) is 0 Å². The molecule has 2 aromatic rings. The fourth-order valence-electron chi connectivity index (χ4n) is 1.71. The molecular formula is C13H13IN2. The summed E-state index contributed by atoms with van der Waals surface area (Å²) < 4.78 is 0.999. The molecule has 0 amide bonds. The molecule has 1 aromatic carbocycles. The van der Waals surface area contributed by atoms with Crippen molar-refractivity contribution in [3.05, 3.63) is 63.0 Å². The number of hydrogen-bond acceptors (Lipinski definition) is 2. The topological polar surface area (TPSA) is 38.9 Å². The van der Waals surface area contributed by atoms with Crippen LogP contribution in [0.4, 0.5) is 0 Å². The molecule has 0 saturated carbocycles. The molecule has 1 heterocycles. The van der Waals surface area contributed by atoms with Gasteiger partial charge in [0.25, 0.3) is 0 Å². The Morgan fingerprint density at radius 3 is 2.44 bits per heavy atom. The average molecular weight is 324 g/mol. The molecule has 0 saturated heterocycles. The smallest absolute Gasteiger partial charge is 0.101 e. The molecule has 0 radical (unpaired) electrons. The molecule has 2 nitrogen and oxygen atoms in total. The van der Waals surface area contributed by atoms with E-state index in [4.69, 9.17) is 5.73 Å². The van der Waals surface area contributed by atoms with Crippen molar-refractivity contribution in [2.45, 2.75) is 13.0 Å². The van der Waals surface area contributed by atoms with E-state index in [1.54, 1.807) is 0 Å². The Morgan fingerprint density at radius 1 is 1.12 bits per heavy atom. The van der Waals surface area contributed by atoms with Crippen LogP contribution in [0.25, 0.3) is 0 Å². The van der Waals surface area contributed by atoms with Gasteiger partial charge in [0.15, 0.2) is 0 Å². The van der Waals surface area contributed by atoms with Crippen LogP contribution >= 0.6 is 22.6 Å². The van der Waals surface area contributed by atoms with Crippen molar-refractivity contribution < 1.29 is 0 Å². The predicted molar refractivity (Wildman–Crippen MR) is 74.2 cm³/mol. The van der Waals surface area contributed by atoms with Crippen LogP contribution in [0.5, 0.6) is 0 Å². The first kappa shape index (κ1) is 11.5. The minimum absolute atomic E-state index is 0.0919. The maximum Gasteiger partial charge on any atom is 0.101 e. The molecule has 82 valence electrons. The van der Waals surface area contributed by atoms with Gasteiger partial charge in [0, 0.05) is 5.69 Å². The highest BCUT2D eigenvalue weighted by Crippen LogP contribution is 2.21. The van der Waals surface area contributed by atoms with Gasteiger partial charge in [-0.2, -0.15) is 0 Å². The molecule has 0 aliphatic rings. The maximum atomic E-state index is 6.22. The Labute approximate surface area is 109 Å². The highest BCUT2D eigenvalue weighted by atomic mass is 127. The van der Waals surface area contributed by atoms with Crippen molar-refractivity contribution in [3.63, 3.8) is 0 Å². The van der Waals surface area contributed by atoms with Gasteiger partial charge in [-0.15, -0.1) is 0 Å². The molecule has 0 bridgehead atoms. The third kappa shape index (κ3) is 2.41. The van der Waals surface area contributed by atoms with Gasteiger partial charge in [-0.3, -0.25) is 0 Å². The molecule has 1 atom stereocenters. The fraction of sp³-hybridized carbons (Fsp3) is 0.154. The van der Waals surface area contributed by atoms with E-state index in [2.05, 4.69) is 33.6 Å². The molecule has 0 aliphatic carbocycles. The summed E-state index contributed by atoms with van der Waals surface area (Å²) >= 11 is 2.21. The second-order valence-electron chi connectivity index (χ2n) is 3.70. The Balaban J connectivity index is 2.38. The largest absolute Gasteiger partial charge is 0.320 e. The highest BCUT2D eigenvalue weighted by molar-refractivity contribution is 14.1. The Morgan fingerprint density at radius 2 is 1.81 bits per heavy atom. The first-order valence-electron chi connectivity index (χ1n) is 5.12. The van der Waals surface area contributed by atoms with Gasteiger partial charge in [-0.1, -0.05) is 36.4 Å². The minimum atomic E-state index is -0.0919. The van der Waals surface area contributed by atoms with E-state index in [-0.39, 0.29) is 6.04 Å². The first-order valence-corrected chi connectivity index (χ1v) is 6.20. The third-order valence-electron chi connectivity index (χ3n) is 2.59. The summed E-state index contributed by atoms with van der Waals surface area (Å²) in [6, 6.07) is 14.0. The number of halogens is 1. The Hall–Kier alpha value is -0.940. The zero-order valence-electron chi connectivity index (χ0n) is 9.02. The molecule has 2 rings (SSSR count). The monoisotopic (exact) mass is 324 g/mol. The molecule has 16 heavy (non-hydrogen) atoms. The Bertz CT molecular complexity index is 483. The van der Waals surface area contributed by atoms with Crippen molar-refractivity contribution in [2.75, 3.05) is 0 Å². The van der Waals surface area contributed by atoms with Crippen LogP contribution in [-0.2, 0) is 0 Å². The second kappa shape index (κ2) is 4.93. The van der Waals surface area contributed by atoms with Gasteiger partial charge >= 0.3 is 0 Å². The number of aryl methyl sites for hydroxylation is 1. The number of pyridine rings is 1. The highest BCUT2D eigenvalue weighted by Gasteiger charge is 2.11. The summed E-state index contributed by atoms with van der Waals surface area (Å²) in [5, 5.41) is 0. The number of rotatable bonds is 2. The number of aromatic nitrogens is 1. The van der Waals surface area contributed by atoms with Gasteiger partial charge in [-0.05, 0) is 46.7 Å². The quantitative estimate of drug-likeness (QED) is 0.681. The van der Waals surface area contributed by atoms with Crippen molar-refractivity contribution in [3.8, 4) is 0 Å². The lowest BCUT2D eigenvalue weighted by Crippen LogP contribution is -2.14. The lowest BCUT2D eigenvalue weighted by molar-refractivity contribution is 0.845. The maximum absolute atomic E-state index is 6.22. The SMILES string of the molecule is Cc1nc(I)ccc1C(N)c1ccccc1. The average Bonchev–Trinajstić information content (AvgIpc) is 2.29. The summed E-state index contributed by atoms with van der Waals surface area (Å²) in [4.78, 5) is 4.43. The van der Waals surface area contributed by atoms with Crippen molar-refractivity contribution in [2.24, 2.45) is 5.73 Å². The first-order chi connectivity index (χ1) is 7.68. The number of hydrogen-bond donors (Lipinski definition) is 1. The number of benzene rings is 1. The van der Waals surface area contributed by atoms with E-state index < -0.39 is 0 Å². The van der Waals surface area contributed by atoms with E-state index in [1.165, 1.54) is 0 Å². The van der Waals surface area contributed by atoms with E-state index >= 15 is 0 Å². The molecule has 3 heteroatoms. The van der Waals surface area contributed by atoms with E-state index in [1.807, 2.05) is 43.3 Å². The summed E-state index contributed by atoms with van der Waals surface area (Å²) in [6.07, 6.45) is 0. The van der Waals surface area contributed by atoms with Gasteiger partial charge < -0.3 is 5.73 Å². The third-order valence-corrected chi connectivity index (χ3v) is 3.19. The summed E-state index contributed by atoms with van der Waals surface area (Å²) in [5.41, 5.74) is 9.44. The normalized spacial score (nSPS) is 12.4. The molecule has 0 spiro atoms.